The van der Waals surface area contributed by atoms with Crippen LogP contribution in [0.3, 0.4) is 0 Å². The number of Topliss-reactive ketones (excluding diaryl/α,β-unsaturated/α-hetero) is 1. The van der Waals surface area contributed by atoms with E-state index in [9.17, 15) is 14.4 Å². The summed E-state index contributed by atoms with van der Waals surface area (Å²) in [5.41, 5.74) is 2.60. The highest BCUT2D eigenvalue weighted by atomic mass is 16.2. The molecule has 1 aromatic rings. The lowest BCUT2D eigenvalue weighted by molar-refractivity contribution is -0.129. The first-order valence-electron chi connectivity index (χ1n) is 11.5. The van der Waals surface area contributed by atoms with Gasteiger partial charge in [-0.1, -0.05) is 38.0 Å². The van der Waals surface area contributed by atoms with E-state index in [0.717, 1.165) is 38.8 Å². The van der Waals surface area contributed by atoms with Crippen LogP contribution >= 0.6 is 0 Å². The SMILES string of the molecule is CCC(=O)CCCCC[C@H](NC(=O)CN(C)C)C(=O)NCCN1CCc2ccccc21. The zero-order valence-corrected chi connectivity index (χ0v) is 19.3. The summed E-state index contributed by atoms with van der Waals surface area (Å²) in [5, 5.41) is 5.88. The molecule has 0 aliphatic carbocycles. The molecule has 0 unspecified atom stereocenters. The highest BCUT2D eigenvalue weighted by molar-refractivity contribution is 5.88. The molecule has 0 bridgehead atoms. The third-order valence-electron chi connectivity index (χ3n) is 5.62. The highest BCUT2D eigenvalue weighted by Gasteiger charge is 2.22. The molecule has 7 nitrogen and oxygen atoms in total. The molecule has 1 atom stereocenters. The van der Waals surface area contributed by atoms with Crippen LogP contribution in [-0.2, 0) is 20.8 Å². The second-order valence-electron chi connectivity index (χ2n) is 8.51. The zero-order valence-electron chi connectivity index (χ0n) is 19.3. The fraction of sp³-hybridized carbons (Fsp3) is 0.625. The number of nitrogens with one attached hydrogen (secondary N) is 2. The zero-order chi connectivity index (χ0) is 22.6. The highest BCUT2D eigenvalue weighted by Crippen LogP contribution is 2.26. The molecule has 0 fully saturated rings. The van der Waals surface area contributed by atoms with E-state index < -0.39 is 6.04 Å². The predicted molar refractivity (Wildman–Crippen MR) is 124 cm³/mol. The van der Waals surface area contributed by atoms with Crippen LogP contribution in [0.4, 0.5) is 5.69 Å². The molecular weight excluding hydrogens is 392 g/mol. The Hall–Kier alpha value is -2.41. The van der Waals surface area contributed by atoms with E-state index in [0.29, 0.717) is 25.8 Å². The molecule has 1 heterocycles. The van der Waals surface area contributed by atoms with E-state index in [1.54, 1.807) is 4.90 Å². The number of para-hydroxylation sites is 1. The molecule has 0 radical (unpaired) electrons. The van der Waals surface area contributed by atoms with Gasteiger partial charge in [0.1, 0.15) is 11.8 Å². The van der Waals surface area contributed by atoms with Gasteiger partial charge >= 0.3 is 0 Å². The third kappa shape index (κ3) is 8.69. The van der Waals surface area contributed by atoms with Gasteiger partial charge < -0.3 is 20.4 Å². The minimum absolute atomic E-state index is 0.135. The Bertz CT molecular complexity index is 735. The largest absolute Gasteiger partial charge is 0.369 e. The van der Waals surface area contributed by atoms with Gasteiger partial charge in [0.2, 0.25) is 11.8 Å². The standard InChI is InChI=1S/C24H38N4O3/c1-4-20(29)11-6-5-7-12-21(26-23(30)18-27(2)3)24(31)25-15-17-28-16-14-19-10-8-9-13-22(19)28/h8-10,13,21H,4-7,11-12,14-18H2,1-3H3,(H,25,31)(H,26,30)/t21-/m0/s1. The van der Waals surface area contributed by atoms with Crippen molar-refractivity contribution in [1.29, 1.82) is 0 Å². The van der Waals surface area contributed by atoms with Gasteiger partial charge in [-0.15, -0.1) is 0 Å². The Balaban J connectivity index is 1.80. The van der Waals surface area contributed by atoms with E-state index >= 15 is 0 Å². The maximum atomic E-state index is 12.8. The van der Waals surface area contributed by atoms with Crippen molar-refractivity contribution in [3.8, 4) is 0 Å². The van der Waals surface area contributed by atoms with Gasteiger partial charge in [-0.3, -0.25) is 14.4 Å². The number of unbranched alkanes of at least 4 members (excludes halogenated alkanes) is 2. The second kappa shape index (κ2) is 13.1. The molecule has 1 aromatic carbocycles. The monoisotopic (exact) mass is 430 g/mol. The van der Waals surface area contributed by atoms with Gasteiger partial charge in [0.05, 0.1) is 6.54 Å². The summed E-state index contributed by atoms with van der Waals surface area (Å²) in [6.07, 6.45) is 5.30. The van der Waals surface area contributed by atoms with Gasteiger partial charge in [0.15, 0.2) is 0 Å². The molecule has 7 heteroatoms. The summed E-state index contributed by atoms with van der Waals surface area (Å²) < 4.78 is 0. The van der Waals surface area contributed by atoms with Crippen LogP contribution < -0.4 is 15.5 Å². The quantitative estimate of drug-likeness (QED) is 0.442. The van der Waals surface area contributed by atoms with Crippen molar-refractivity contribution in [2.24, 2.45) is 0 Å². The molecule has 1 aliphatic rings. The van der Waals surface area contributed by atoms with Crippen molar-refractivity contribution in [2.45, 2.75) is 57.9 Å². The molecule has 2 rings (SSSR count). The maximum Gasteiger partial charge on any atom is 0.242 e. The minimum atomic E-state index is -0.541. The molecule has 0 spiro atoms. The molecule has 1 aliphatic heterocycles. The molecule has 2 N–H and O–H groups in total. The van der Waals surface area contributed by atoms with Crippen molar-refractivity contribution in [1.82, 2.24) is 15.5 Å². The van der Waals surface area contributed by atoms with Crippen LogP contribution in [-0.4, -0.2) is 68.8 Å². The summed E-state index contributed by atoms with van der Waals surface area (Å²) >= 11 is 0. The lowest BCUT2D eigenvalue weighted by Crippen LogP contribution is -2.50. The Labute approximate surface area is 186 Å². The summed E-state index contributed by atoms with van der Waals surface area (Å²) in [6, 6.07) is 7.83. The summed E-state index contributed by atoms with van der Waals surface area (Å²) in [4.78, 5) is 40.5. The smallest absolute Gasteiger partial charge is 0.242 e. The number of amides is 2. The number of anilines is 1. The summed E-state index contributed by atoms with van der Waals surface area (Å²) in [6.45, 7) is 4.39. The summed E-state index contributed by atoms with van der Waals surface area (Å²) in [5.74, 6) is -0.0129. The first-order valence-corrected chi connectivity index (χ1v) is 11.5. The maximum absolute atomic E-state index is 12.8. The Morgan fingerprint density at radius 1 is 1.13 bits per heavy atom. The Morgan fingerprint density at radius 3 is 2.65 bits per heavy atom. The average Bonchev–Trinajstić information content (AvgIpc) is 3.15. The van der Waals surface area contributed by atoms with Crippen LogP contribution in [0.25, 0.3) is 0 Å². The lowest BCUT2D eigenvalue weighted by Gasteiger charge is -2.22. The van der Waals surface area contributed by atoms with Crippen LogP contribution in [0, 0.1) is 0 Å². The van der Waals surface area contributed by atoms with Crippen molar-refractivity contribution >= 4 is 23.3 Å². The van der Waals surface area contributed by atoms with E-state index in [2.05, 4.69) is 33.7 Å². The topological polar surface area (TPSA) is 81.8 Å². The number of benzene rings is 1. The summed E-state index contributed by atoms with van der Waals surface area (Å²) in [7, 11) is 3.65. The van der Waals surface area contributed by atoms with Gasteiger partial charge in [-0.25, -0.2) is 0 Å². The number of hydrogen-bond donors (Lipinski definition) is 2. The van der Waals surface area contributed by atoms with Gasteiger partial charge in [-0.2, -0.15) is 0 Å². The first kappa shape index (κ1) is 24.9. The predicted octanol–water partition coefficient (Wildman–Crippen LogP) is 2.14. The molecule has 0 aromatic heterocycles. The fourth-order valence-corrected chi connectivity index (χ4v) is 3.90. The van der Waals surface area contributed by atoms with Gasteiger partial charge in [-0.05, 0) is 45.0 Å². The number of carbonyl (C=O) groups excluding carboxylic acids is 3. The fourth-order valence-electron chi connectivity index (χ4n) is 3.90. The van der Waals surface area contributed by atoms with Crippen molar-refractivity contribution in [3.63, 3.8) is 0 Å². The second-order valence-corrected chi connectivity index (χ2v) is 8.51. The number of nitrogens with zero attached hydrogens (tertiary/aromatic N) is 2. The van der Waals surface area contributed by atoms with E-state index in [1.165, 1.54) is 11.3 Å². The number of rotatable bonds is 14. The van der Waals surface area contributed by atoms with Crippen molar-refractivity contribution in [2.75, 3.05) is 45.2 Å². The van der Waals surface area contributed by atoms with Gasteiger partial charge in [0, 0.05) is 38.2 Å². The number of carbonyl (C=O) groups is 3. The minimum Gasteiger partial charge on any atom is -0.369 e. The van der Waals surface area contributed by atoms with E-state index in [-0.39, 0.29) is 24.1 Å². The Kier molecular flexibility index (Phi) is 10.5. The lowest BCUT2D eigenvalue weighted by atomic mass is 10.0. The number of likely N-dealkylation sites (N-methyl/N-ethyl adjacent to an activating group) is 1. The van der Waals surface area contributed by atoms with Crippen molar-refractivity contribution < 1.29 is 14.4 Å². The van der Waals surface area contributed by atoms with Crippen molar-refractivity contribution in [3.05, 3.63) is 29.8 Å². The van der Waals surface area contributed by atoms with Crippen LogP contribution in [0.2, 0.25) is 0 Å². The number of fused-ring (bicyclic) bond motifs is 1. The molecular formula is C24H38N4O3. The Morgan fingerprint density at radius 2 is 1.90 bits per heavy atom. The third-order valence-corrected chi connectivity index (χ3v) is 5.62. The first-order chi connectivity index (χ1) is 14.9. The molecule has 0 saturated carbocycles. The van der Waals surface area contributed by atoms with Gasteiger partial charge in [0.25, 0.3) is 0 Å². The molecule has 172 valence electrons. The van der Waals surface area contributed by atoms with E-state index in [1.807, 2.05) is 27.1 Å². The van der Waals surface area contributed by atoms with Crippen LogP contribution in [0.5, 0.6) is 0 Å². The average molecular weight is 431 g/mol. The molecule has 31 heavy (non-hydrogen) atoms. The van der Waals surface area contributed by atoms with Crippen LogP contribution in [0.15, 0.2) is 24.3 Å². The molecule has 2 amide bonds. The number of hydrogen-bond acceptors (Lipinski definition) is 5. The van der Waals surface area contributed by atoms with E-state index in [4.69, 9.17) is 0 Å². The number of ketones is 1. The molecule has 0 saturated heterocycles. The van der Waals surface area contributed by atoms with Crippen LogP contribution in [0.1, 0.15) is 51.0 Å². The normalized spacial score (nSPS) is 13.7.